The maximum atomic E-state index is 12.1. The summed E-state index contributed by atoms with van der Waals surface area (Å²) in [5, 5.41) is 0. The number of methoxy groups -OCH3 is 1. The lowest BCUT2D eigenvalue weighted by molar-refractivity contribution is -0.275. The second-order valence-corrected chi connectivity index (χ2v) is 3.60. The Kier molecular flexibility index (Phi) is 3.94. The van der Waals surface area contributed by atoms with Crippen LogP contribution >= 0.6 is 22.6 Å². The average Bonchev–Trinajstić information content (AvgIpc) is 2.19. The molecule has 0 bridgehead atoms. The zero-order valence-electron chi connectivity index (χ0n) is 7.84. The minimum Gasteiger partial charge on any atom is -0.491 e. The molecule has 8 heteroatoms. The summed E-state index contributed by atoms with van der Waals surface area (Å²) in [6.45, 7) is 0. The zero-order valence-corrected chi connectivity index (χ0v) is 10.00. The molecule has 0 aliphatic rings. The van der Waals surface area contributed by atoms with Gasteiger partial charge in [0.1, 0.15) is 5.69 Å². The van der Waals surface area contributed by atoms with E-state index in [1.54, 1.807) is 0 Å². The van der Waals surface area contributed by atoms with E-state index in [0.717, 1.165) is 6.20 Å². The fraction of sp³-hybridized carbons (Fsp3) is 0.250. The number of hydrogen-bond acceptors (Lipinski definition) is 4. The SMILES string of the molecule is COc1cnc(C=O)c(I)c1OC(F)(F)F. The number of rotatable bonds is 3. The van der Waals surface area contributed by atoms with E-state index < -0.39 is 12.1 Å². The Bertz CT molecular complexity index is 408. The maximum Gasteiger partial charge on any atom is 0.573 e. The van der Waals surface area contributed by atoms with Crippen LogP contribution in [-0.2, 0) is 0 Å². The Morgan fingerprint density at radius 1 is 1.50 bits per heavy atom. The number of halogens is 4. The molecule has 0 aromatic carbocycles. The highest BCUT2D eigenvalue weighted by atomic mass is 127. The van der Waals surface area contributed by atoms with Gasteiger partial charge in [-0.3, -0.25) is 4.79 Å². The molecule has 0 saturated carbocycles. The van der Waals surface area contributed by atoms with Gasteiger partial charge in [0.25, 0.3) is 0 Å². The molecule has 1 rings (SSSR count). The number of nitrogens with zero attached hydrogens (tertiary/aromatic N) is 1. The van der Waals surface area contributed by atoms with Crippen molar-refractivity contribution in [2.75, 3.05) is 7.11 Å². The van der Waals surface area contributed by atoms with E-state index in [9.17, 15) is 18.0 Å². The quantitative estimate of drug-likeness (QED) is 0.623. The maximum absolute atomic E-state index is 12.1. The third-order valence-electron chi connectivity index (χ3n) is 1.52. The van der Waals surface area contributed by atoms with Crippen LogP contribution in [0.2, 0.25) is 0 Å². The van der Waals surface area contributed by atoms with Crippen LogP contribution in [-0.4, -0.2) is 24.7 Å². The van der Waals surface area contributed by atoms with Gasteiger partial charge in [0.2, 0.25) is 0 Å². The van der Waals surface area contributed by atoms with Crippen LogP contribution in [0.25, 0.3) is 0 Å². The third kappa shape index (κ3) is 2.97. The van der Waals surface area contributed by atoms with Crippen molar-refractivity contribution in [2.24, 2.45) is 0 Å². The van der Waals surface area contributed by atoms with Gasteiger partial charge in [-0.1, -0.05) is 0 Å². The highest BCUT2D eigenvalue weighted by molar-refractivity contribution is 14.1. The summed E-state index contributed by atoms with van der Waals surface area (Å²) in [6, 6.07) is 0. The van der Waals surface area contributed by atoms with Crippen molar-refractivity contribution in [3.8, 4) is 11.5 Å². The number of carbonyl (C=O) groups excluding carboxylic acids is 1. The van der Waals surface area contributed by atoms with Gasteiger partial charge in [-0.25, -0.2) is 4.98 Å². The normalized spacial score (nSPS) is 11.1. The number of hydrogen-bond donors (Lipinski definition) is 0. The summed E-state index contributed by atoms with van der Waals surface area (Å²) >= 11 is 1.53. The summed E-state index contributed by atoms with van der Waals surface area (Å²) in [7, 11) is 1.18. The standard InChI is InChI=1S/C8H5F3INO3/c1-15-5-2-13-4(3-14)6(12)7(5)16-8(9,10)11/h2-3H,1H3. The largest absolute Gasteiger partial charge is 0.573 e. The zero-order chi connectivity index (χ0) is 12.3. The van der Waals surface area contributed by atoms with Crippen LogP contribution in [0.3, 0.4) is 0 Å². The van der Waals surface area contributed by atoms with Crippen LogP contribution in [0.15, 0.2) is 6.20 Å². The van der Waals surface area contributed by atoms with E-state index in [4.69, 9.17) is 0 Å². The highest BCUT2D eigenvalue weighted by Gasteiger charge is 2.34. The molecule has 0 unspecified atom stereocenters. The van der Waals surface area contributed by atoms with E-state index in [0.29, 0.717) is 6.29 Å². The number of carbonyl (C=O) groups is 1. The van der Waals surface area contributed by atoms with Crippen molar-refractivity contribution in [3.63, 3.8) is 0 Å². The molecule has 1 aromatic rings. The van der Waals surface area contributed by atoms with Gasteiger partial charge in [0.05, 0.1) is 16.9 Å². The van der Waals surface area contributed by atoms with E-state index >= 15 is 0 Å². The van der Waals surface area contributed by atoms with Crippen LogP contribution in [0.1, 0.15) is 10.5 Å². The predicted molar refractivity (Wildman–Crippen MR) is 55.6 cm³/mol. The van der Waals surface area contributed by atoms with Gasteiger partial charge in [-0.2, -0.15) is 0 Å². The van der Waals surface area contributed by atoms with Gasteiger partial charge >= 0.3 is 6.36 Å². The molecule has 0 radical (unpaired) electrons. The summed E-state index contributed by atoms with van der Waals surface area (Å²) < 4.78 is 44.6. The van der Waals surface area contributed by atoms with E-state index in [1.807, 2.05) is 0 Å². The second kappa shape index (κ2) is 4.85. The molecule has 0 spiro atoms. The Hall–Kier alpha value is -1.06. The first kappa shape index (κ1) is 13.0. The minimum atomic E-state index is -4.85. The molecule has 0 N–H and O–H groups in total. The van der Waals surface area contributed by atoms with Gasteiger partial charge in [-0.05, 0) is 22.6 Å². The first-order valence-corrected chi connectivity index (χ1v) is 4.90. The monoisotopic (exact) mass is 347 g/mol. The fourth-order valence-electron chi connectivity index (χ4n) is 0.906. The Labute approximate surface area is 102 Å². The van der Waals surface area contributed by atoms with Gasteiger partial charge in [-0.15, -0.1) is 13.2 Å². The predicted octanol–water partition coefficient (Wildman–Crippen LogP) is 2.41. The molecule has 0 aliphatic carbocycles. The molecule has 0 saturated heterocycles. The molecule has 88 valence electrons. The van der Waals surface area contributed by atoms with Crippen molar-refractivity contribution in [1.82, 2.24) is 4.98 Å². The molecule has 16 heavy (non-hydrogen) atoms. The first-order chi connectivity index (χ1) is 7.39. The van der Waals surface area contributed by atoms with Gasteiger partial charge < -0.3 is 9.47 Å². The van der Waals surface area contributed by atoms with Crippen LogP contribution in [0.5, 0.6) is 11.5 Å². The molecule has 0 atom stereocenters. The summed E-state index contributed by atoms with van der Waals surface area (Å²) in [5.41, 5.74) is -0.138. The Balaban J connectivity index is 3.26. The lowest BCUT2D eigenvalue weighted by Gasteiger charge is -2.14. The molecule has 1 heterocycles. The summed E-state index contributed by atoms with van der Waals surface area (Å²) in [5.74, 6) is -0.750. The topological polar surface area (TPSA) is 48.4 Å². The van der Waals surface area contributed by atoms with Gasteiger partial charge in [0, 0.05) is 0 Å². The molecule has 1 aromatic heterocycles. The van der Waals surface area contributed by atoms with Crippen LogP contribution in [0.4, 0.5) is 13.2 Å². The Morgan fingerprint density at radius 2 is 2.12 bits per heavy atom. The fourth-order valence-corrected chi connectivity index (χ4v) is 1.55. The highest BCUT2D eigenvalue weighted by Crippen LogP contribution is 2.36. The lowest BCUT2D eigenvalue weighted by Crippen LogP contribution is -2.19. The van der Waals surface area contributed by atoms with Crippen molar-refractivity contribution >= 4 is 28.9 Å². The number of alkyl halides is 3. The first-order valence-electron chi connectivity index (χ1n) is 3.82. The van der Waals surface area contributed by atoms with Crippen LogP contribution in [0, 0.1) is 3.57 Å². The van der Waals surface area contributed by atoms with E-state index in [2.05, 4.69) is 14.5 Å². The van der Waals surface area contributed by atoms with Crippen molar-refractivity contribution in [1.29, 1.82) is 0 Å². The Morgan fingerprint density at radius 3 is 2.56 bits per heavy atom. The number of ether oxygens (including phenoxy) is 2. The van der Waals surface area contributed by atoms with Crippen LogP contribution < -0.4 is 9.47 Å². The van der Waals surface area contributed by atoms with E-state index in [1.165, 1.54) is 29.7 Å². The second-order valence-electron chi connectivity index (χ2n) is 2.52. The summed E-state index contributed by atoms with van der Waals surface area (Å²) in [4.78, 5) is 14.1. The average molecular weight is 347 g/mol. The van der Waals surface area contributed by atoms with Gasteiger partial charge in [0.15, 0.2) is 17.8 Å². The van der Waals surface area contributed by atoms with E-state index in [-0.39, 0.29) is 15.0 Å². The lowest BCUT2D eigenvalue weighted by atomic mass is 10.3. The number of aromatic nitrogens is 1. The number of aldehydes is 1. The molecule has 0 fully saturated rings. The minimum absolute atomic E-state index is 0.0516. The summed E-state index contributed by atoms with van der Waals surface area (Å²) in [6.07, 6.45) is -3.52. The molecular weight excluding hydrogens is 342 g/mol. The molecule has 0 aliphatic heterocycles. The third-order valence-corrected chi connectivity index (χ3v) is 2.56. The van der Waals surface area contributed by atoms with Crippen molar-refractivity contribution < 1.29 is 27.4 Å². The number of pyridine rings is 1. The molecular formula is C8H5F3INO3. The smallest absolute Gasteiger partial charge is 0.491 e. The molecule has 4 nitrogen and oxygen atoms in total. The van der Waals surface area contributed by atoms with Crippen molar-refractivity contribution in [2.45, 2.75) is 6.36 Å². The van der Waals surface area contributed by atoms with Crippen molar-refractivity contribution in [3.05, 3.63) is 15.5 Å². The molecule has 0 amide bonds.